The number of ether oxygens (including phenoxy) is 1. The number of hydrogen-bond acceptors (Lipinski definition) is 1. The molecule has 2 aliphatic rings. The lowest BCUT2D eigenvalue weighted by Gasteiger charge is -2.24. The van der Waals surface area contributed by atoms with E-state index in [0.717, 1.165) is 37.9 Å². The highest BCUT2D eigenvalue weighted by atomic mass is 16.5. The summed E-state index contributed by atoms with van der Waals surface area (Å²) in [5.74, 6) is 3.00. The summed E-state index contributed by atoms with van der Waals surface area (Å²) in [5.41, 5.74) is 9.04. The Morgan fingerprint density at radius 3 is 1.34 bits per heavy atom. The summed E-state index contributed by atoms with van der Waals surface area (Å²) in [6.07, 6.45) is 22.6. The molecule has 2 aliphatic carbocycles. The van der Waals surface area contributed by atoms with E-state index in [0.29, 0.717) is 11.8 Å². The first-order chi connectivity index (χ1) is 20.0. The van der Waals surface area contributed by atoms with Gasteiger partial charge in [-0.25, -0.2) is 0 Å². The van der Waals surface area contributed by atoms with Crippen molar-refractivity contribution in [2.45, 2.75) is 129 Å². The van der Waals surface area contributed by atoms with E-state index >= 15 is 0 Å². The zero-order chi connectivity index (χ0) is 28.9. The summed E-state index contributed by atoms with van der Waals surface area (Å²) in [5, 5.41) is 0. The molecule has 2 aromatic rings. The van der Waals surface area contributed by atoms with Crippen molar-refractivity contribution in [3.8, 4) is 0 Å². The van der Waals surface area contributed by atoms with E-state index in [-0.39, 0.29) is 0 Å². The van der Waals surface area contributed by atoms with E-state index in [1.165, 1.54) is 110 Å². The molecule has 1 nitrogen and oxygen atoms in total. The second-order valence-corrected chi connectivity index (χ2v) is 13.9. The first-order valence-corrected chi connectivity index (χ1v) is 17.1. The Kier molecular flexibility index (Phi) is 13.3. The third-order valence-electron chi connectivity index (χ3n) is 9.48. The summed E-state index contributed by atoms with van der Waals surface area (Å²) in [4.78, 5) is 0. The van der Waals surface area contributed by atoms with Gasteiger partial charge in [0, 0.05) is 0 Å². The van der Waals surface area contributed by atoms with Gasteiger partial charge in [-0.1, -0.05) is 114 Å². The molecule has 0 aromatic heterocycles. The minimum atomic E-state index is 0.672. The fourth-order valence-electron chi connectivity index (χ4n) is 6.63. The molecular weight excluding hydrogens is 496 g/mol. The van der Waals surface area contributed by atoms with Crippen molar-refractivity contribution in [3.63, 3.8) is 0 Å². The lowest BCUT2D eigenvalue weighted by molar-refractivity contribution is 0.172. The number of benzene rings is 2. The highest BCUT2D eigenvalue weighted by molar-refractivity contribution is 5.29. The lowest BCUT2D eigenvalue weighted by Crippen LogP contribution is -2.11. The Hall–Kier alpha value is -2.12. The molecule has 41 heavy (non-hydrogen) atoms. The van der Waals surface area contributed by atoms with Crippen molar-refractivity contribution in [1.82, 2.24) is 0 Å². The normalized spacial score (nSPS) is 19.5. The second kappa shape index (κ2) is 17.1. The number of unbranched alkanes of at least 4 members (excludes halogenated alkanes) is 2. The Morgan fingerprint density at radius 2 is 1.00 bits per heavy atom. The summed E-state index contributed by atoms with van der Waals surface area (Å²) in [6, 6.07) is 19.1. The number of aryl methyl sites for hydroxylation is 2. The van der Waals surface area contributed by atoms with Crippen LogP contribution in [0.2, 0.25) is 0 Å². The average Bonchev–Trinajstić information content (AvgIpc) is 2.99. The largest absolute Gasteiger partial charge is 0.373 e. The molecule has 2 unspecified atom stereocenters. The topological polar surface area (TPSA) is 9.23 Å². The molecule has 224 valence electrons. The number of hydrogen-bond donors (Lipinski definition) is 0. The Labute approximate surface area is 252 Å². The Bertz CT molecular complexity index is 981. The van der Waals surface area contributed by atoms with Crippen molar-refractivity contribution in [2.75, 3.05) is 13.2 Å². The van der Waals surface area contributed by atoms with Gasteiger partial charge in [-0.3, -0.25) is 0 Å². The fourth-order valence-corrected chi connectivity index (χ4v) is 6.63. The van der Waals surface area contributed by atoms with Crippen LogP contribution in [0.1, 0.15) is 139 Å². The van der Waals surface area contributed by atoms with E-state index < -0.39 is 0 Å². The quantitative estimate of drug-likeness (QED) is 0.148. The lowest BCUT2D eigenvalue weighted by atomic mass is 9.84. The summed E-state index contributed by atoms with van der Waals surface area (Å²) < 4.78 is 6.21. The van der Waals surface area contributed by atoms with E-state index in [9.17, 15) is 0 Å². The van der Waals surface area contributed by atoms with Gasteiger partial charge in [-0.15, -0.1) is 0 Å². The molecule has 0 spiro atoms. The molecule has 0 heterocycles. The molecule has 0 bridgehead atoms. The zero-order valence-electron chi connectivity index (χ0n) is 26.8. The van der Waals surface area contributed by atoms with Crippen molar-refractivity contribution < 1.29 is 4.74 Å². The van der Waals surface area contributed by atoms with Gasteiger partial charge in [0.2, 0.25) is 0 Å². The van der Waals surface area contributed by atoms with Crippen LogP contribution in [0.3, 0.4) is 0 Å². The molecule has 0 aliphatic heterocycles. The van der Waals surface area contributed by atoms with Crippen molar-refractivity contribution in [2.24, 2.45) is 11.8 Å². The third-order valence-corrected chi connectivity index (χ3v) is 9.48. The van der Waals surface area contributed by atoms with Crippen LogP contribution in [-0.2, 0) is 17.6 Å². The van der Waals surface area contributed by atoms with Crippen LogP contribution in [-0.4, -0.2) is 13.2 Å². The molecule has 0 N–H and O–H groups in total. The minimum Gasteiger partial charge on any atom is -0.373 e. The van der Waals surface area contributed by atoms with Crippen molar-refractivity contribution in [3.05, 3.63) is 94.1 Å². The highest BCUT2D eigenvalue weighted by Crippen LogP contribution is 2.34. The van der Waals surface area contributed by atoms with Gasteiger partial charge in [0.15, 0.2) is 0 Å². The molecule has 2 aromatic carbocycles. The SMILES string of the molecule is CC(C)CCCCc1ccc(C2CC=C(COCC3=CCC(c4ccc(CCCCC(C)C)cc4)CC3)CC2)cc1. The summed E-state index contributed by atoms with van der Waals surface area (Å²) in [7, 11) is 0. The molecular formula is C40H58O. The number of allylic oxidation sites excluding steroid dienone is 2. The maximum Gasteiger partial charge on any atom is 0.0681 e. The van der Waals surface area contributed by atoms with Crippen molar-refractivity contribution in [1.29, 1.82) is 0 Å². The Balaban J connectivity index is 1.12. The molecule has 4 rings (SSSR count). The van der Waals surface area contributed by atoms with Crippen LogP contribution < -0.4 is 0 Å². The van der Waals surface area contributed by atoms with Gasteiger partial charge in [0.05, 0.1) is 13.2 Å². The Morgan fingerprint density at radius 1 is 0.585 bits per heavy atom. The van der Waals surface area contributed by atoms with Gasteiger partial charge in [-0.05, 0) is 121 Å². The van der Waals surface area contributed by atoms with Gasteiger partial charge in [-0.2, -0.15) is 0 Å². The van der Waals surface area contributed by atoms with E-state index in [1.807, 2.05) is 0 Å². The van der Waals surface area contributed by atoms with Crippen LogP contribution in [0, 0.1) is 11.8 Å². The fraction of sp³-hybridized carbons (Fsp3) is 0.600. The summed E-state index contributed by atoms with van der Waals surface area (Å²) in [6.45, 7) is 10.9. The van der Waals surface area contributed by atoms with Crippen LogP contribution in [0.4, 0.5) is 0 Å². The van der Waals surface area contributed by atoms with Crippen molar-refractivity contribution >= 4 is 0 Å². The van der Waals surface area contributed by atoms with Gasteiger partial charge >= 0.3 is 0 Å². The third kappa shape index (κ3) is 11.2. The standard InChI is InChI=1S/C40H58O/c1-31(2)9-5-7-11-33-13-21-37(22-14-33)39-25-17-35(18-26-39)29-41-30-36-19-27-40(28-20-36)38-23-15-34(16-24-38)12-8-6-10-32(3)4/h13-17,19,21-24,31-32,39-40H,5-12,18,20,25-30H2,1-4H3. The zero-order valence-corrected chi connectivity index (χ0v) is 26.8. The van der Waals surface area contributed by atoms with E-state index in [4.69, 9.17) is 4.74 Å². The van der Waals surface area contributed by atoms with Crippen LogP contribution in [0.5, 0.6) is 0 Å². The molecule has 0 saturated heterocycles. The van der Waals surface area contributed by atoms with Crippen LogP contribution in [0.25, 0.3) is 0 Å². The average molecular weight is 555 g/mol. The second-order valence-electron chi connectivity index (χ2n) is 13.9. The molecule has 1 heteroatoms. The van der Waals surface area contributed by atoms with Gasteiger partial charge < -0.3 is 4.74 Å². The highest BCUT2D eigenvalue weighted by Gasteiger charge is 2.18. The predicted octanol–water partition coefficient (Wildman–Crippen LogP) is 11.5. The first-order valence-electron chi connectivity index (χ1n) is 17.1. The number of rotatable bonds is 16. The minimum absolute atomic E-state index is 0.672. The molecule has 0 fully saturated rings. The smallest absolute Gasteiger partial charge is 0.0681 e. The first kappa shape index (κ1) is 31.8. The van der Waals surface area contributed by atoms with E-state index in [1.54, 1.807) is 0 Å². The molecule has 2 atom stereocenters. The monoisotopic (exact) mass is 554 g/mol. The van der Waals surface area contributed by atoms with Crippen LogP contribution in [0.15, 0.2) is 71.8 Å². The predicted molar refractivity (Wildman–Crippen MR) is 178 cm³/mol. The molecule has 0 amide bonds. The van der Waals surface area contributed by atoms with Crippen LogP contribution >= 0.6 is 0 Å². The summed E-state index contributed by atoms with van der Waals surface area (Å²) >= 11 is 0. The van der Waals surface area contributed by atoms with Gasteiger partial charge in [0.25, 0.3) is 0 Å². The molecule has 0 radical (unpaired) electrons. The van der Waals surface area contributed by atoms with E-state index in [2.05, 4.69) is 88.4 Å². The maximum absolute atomic E-state index is 6.21. The molecule has 0 saturated carbocycles. The maximum atomic E-state index is 6.21. The van der Waals surface area contributed by atoms with Gasteiger partial charge in [0.1, 0.15) is 0 Å².